The molecule has 1 aromatic carbocycles. The Morgan fingerprint density at radius 2 is 2.05 bits per heavy atom. The number of carbonyl (C=O) groups is 1. The van der Waals surface area contributed by atoms with Gasteiger partial charge in [-0.1, -0.05) is 23.2 Å². The zero-order chi connectivity index (χ0) is 16.1. The van der Waals surface area contributed by atoms with Gasteiger partial charge in [-0.05, 0) is 43.3 Å². The van der Waals surface area contributed by atoms with E-state index in [4.69, 9.17) is 10.5 Å². The van der Waals surface area contributed by atoms with Crippen LogP contribution in [0.25, 0.3) is 0 Å². The number of hydrogen-bond donors (Lipinski definition) is 2. The van der Waals surface area contributed by atoms with Crippen molar-refractivity contribution < 1.29 is 19.1 Å². The summed E-state index contributed by atoms with van der Waals surface area (Å²) in [5.74, 6) is 5.70. The fraction of sp³-hybridized carbons (Fsp3) is 0.133. The summed E-state index contributed by atoms with van der Waals surface area (Å²) < 4.78 is 18.4. The Bertz CT molecular complexity index is 718. The van der Waals surface area contributed by atoms with Crippen LogP contribution in [0.3, 0.4) is 0 Å². The largest absolute Gasteiger partial charge is 0.447 e. The second-order valence-electron chi connectivity index (χ2n) is 4.30. The van der Waals surface area contributed by atoms with Crippen LogP contribution in [0.2, 0.25) is 0 Å². The van der Waals surface area contributed by atoms with Gasteiger partial charge < -0.3 is 10.5 Å². The molecule has 2 amide bonds. The van der Waals surface area contributed by atoms with Gasteiger partial charge in [0.15, 0.2) is 5.06 Å². The SMILES string of the molecule is C[C@H](C#Cc1ccc(Oc2ccc(F)cc2)s1)N(O)C(N)=O. The summed E-state index contributed by atoms with van der Waals surface area (Å²) >= 11 is 1.29. The number of urea groups is 1. The van der Waals surface area contributed by atoms with Crippen LogP contribution in [-0.2, 0) is 0 Å². The Labute approximate surface area is 130 Å². The Balaban J connectivity index is 2.03. The van der Waals surface area contributed by atoms with Gasteiger partial charge in [0, 0.05) is 0 Å². The molecule has 0 saturated carbocycles. The average Bonchev–Trinajstić information content (AvgIpc) is 2.94. The number of amides is 2. The fourth-order valence-electron chi connectivity index (χ4n) is 1.49. The second kappa shape index (κ2) is 6.93. The van der Waals surface area contributed by atoms with Crippen LogP contribution >= 0.6 is 11.3 Å². The first kappa shape index (κ1) is 15.8. The molecule has 0 aliphatic heterocycles. The monoisotopic (exact) mass is 320 g/mol. The molecule has 5 nitrogen and oxygen atoms in total. The topological polar surface area (TPSA) is 75.8 Å². The molecular formula is C15H13FN2O3S. The summed E-state index contributed by atoms with van der Waals surface area (Å²) in [4.78, 5) is 11.5. The average molecular weight is 320 g/mol. The molecule has 0 unspecified atom stereocenters. The molecule has 7 heteroatoms. The van der Waals surface area contributed by atoms with Crippen LogP contribution in [-0.4, -0.2) is 22.3 Å². The van der Waals surface area contributed by atoms with Crippen LogP contribution < -0.4 is 10.5 Å². The minimum absolute atomic E-state index is 0.331. The van der Waals surface area contributed by atoms with Gasteiger partial charge in [-0.2, -0.15) is 5.06 Å². The van der Waals surface area contributed by atoms with E-state index in [9.17, 15) is 14.4 Å². The number of rotatable bonds is 3. The van der Waals surface area contributed by atoms with Gasteiger partial charge in [0.05, 0.1) is 4.88 Å². The standard InChI is InChI=1S/C15H13FN2O3S/c1-10(18(20)15(17)19)2-7-13-8-9-14(22-13)21-12-5-3-11(16)4-6-12/h3-6,8-10,20H,1H3,(H2,17,19)/t10-/m1/s1. The first-order valence-electron chi connectivity index (χ1n) is 6.28. The van der Waals surface area contributed by atoms with Crippen molar-refractivity contribution in [1.29, 1.82) is 0 Å². The van der Waals surface area contributed by atoms with Gasteiger partial charge >= 0.3 is 6.03 Å². The molecule has 0 saturated heterocycles. The molecule has 3 N–H and O–H groups in total. The van der Waals surface area contributed by atoms with Crippen molar-refractivity contribution in [1.82, 2.24) is 5.06 Å². The molecule has 1 heterocycles. The smallest absolute Gasteiger partial charge is 0.339 e. The molecule has 2 rings (SSSR count). The molecule has 1 atom stereocenters. The van der Waals surface area contributed by atoms with E-state index in [-0.39, 0.29) is 5.82 Å². The van der Waals surface area contributed by atoms with Crippen molar-refractivity contribution in [3.05, 3.63) is 47.1 Å². The van der Waals surface area contributed by atoms with Crippen molar-refractivity contribution in [2.45, 2.75) is 13.0 Å². The fourth-order valence-corrected chi connectivity index (χ4v) is 2.23. The van der Waals surface area contributed by atoms with Crippen LogP contribution in [0.5, 0.6) is 10.8 Å². The van der Waals surface area contributed by atoms with Gasteiger partial charge in [-0.3, -0.25) is 5.21 Å². The summed E-state index contributed by atoms with van der Waals surface area (Å²) in [6, 6.07) is 7.46. The molecule has 0 spiro atoms. The zero-order valence-electron chi connectivity index (χ0n) is 11.6. The molecule has 0 aliphatic carbocycles. The predicted molar refractivity (Wildman–Crippen MR) is 80.3 cm³/mol. The number of primary amides is 1. The van der Waals surface area contributed by atoms with Gasteiger partial charge in [0.25, 0.3) is 0 Å². The lowest BCUT2D eigenvalue weighted by Crippen LogP contribution is -2.38. The van der Waals surface area contributed by atoms with Gasteiger partial charge in [0.1, 0.15) is 17.6 Å². The molecule has 114 valence electrons. The van der Waals surface area contributed by atoms with Crippen LogP contribution in [0.1, 0.15) is 11.8 Å². The summed E-state index contributed by atoms with van der Waals surface area (Å²) in [6.07, 6.45) is 0. The lowest BCUT2D eigenvalue weighted by atomic mass is 10.3. The van der Waals surface area contributed by atoms with Crippen molar-refractivity contribution >= 4 is 17.4 Å². The molecule has 2 aromatic rings. The maximum atomic E-state index is 12.8. The van der Waals surface area contributed by atoms with Gasteiger partial charge in [-0.25, -0.2) is 9.18 Å². The highest BCUT2D eigenvalue weighted by Gasteiger charge is 2.11. The highest BCUT2D eigenvalue weighted by molar-refractivity contribution is 7.14. The van der Waals surface area contributed by atoms with Gasteiger partial charge in [-0.15, -0.1) is 0 Å². The van der Waals surface area contributed by atoms with Crippen molar-refractivity contribution in [2.75, 3.05) is 0 Å². The van der Waals surface area contributed by atoms with Crippen LogP contribution in [0, 0.1) is 17.7 Å². The molecule has 0 radical (unpaired) electrons. The predicted octanol–water partition coefficient (Wildman–Crippen LogP) is 3.19. The summed E-state index contributed by atoms with van der Waals surface area (Å²) in [5.41, 5.74) is 4.93. The summed E-state index contributed by atoms with van der Waals surface area (Å²) in [5, 5.41) is 10.3. The van der Waals surface area contributed by atoms with E-state index in [0.29, 0.717) is 20.8 Å². The van der Waals surface area contributed by atoms with E-state index in [0.717, 1.165) is 0 Å². The number of nitrogens with zero attached hydrogens (tertiary/aromatic N) is 1. The maximum Gasteiger partial charge on any atom is 0.339 e. The van der Waals surface area contributed by atoms with Crippen molar-refractivity contribution in [3.63, 3.8) is 0 Å². The first-order valence-corrected chi connectivity index (χ1v) is 7.09. The summed E-state index contributed by atoms with van der Waals surface area (Å²) in [7, 11) is 0. The highest BCUT2D eigenvalue weighted by atomic mass is 32.1. The van der Waals surface area contributed by atoms with Gasteiger partial charge in [0.2, 0.25) is 0 Å². The molecule has 0 fully saturated rings. The summed E-state index contributed by atoms with van der Waals surface area (Å²) in [6.45, 7) is 1.54. The van der Waals surface area contributed by atoms with Crippen LogP contribution in [0.4, 0.5) is 9.18 Å². The van der Waals surface area contributed by atoms with E-state index in [2.05, 4.69) is 11.8 Å². The number of hydroxylamine groups is 2. The Kier molecular flexibility index (Phi) is 4.99. The third-order valence-corrected chi connectivity index (χ3v) is 3.49. The number of carbonyl (C=O) groups excluding carboxylic acids is 1. The molecular weight excluding hydrogens is 307 g/mol. The first-order chi connectivity index (χ1) is 10.5. The minimum Gasteiger partial charge on any atom is -0.447 e. The molecule has 1 aromatic heterocycles. The maximum absolute atomic E-state index is 12.8. The van der Waals surface area contributed by atoms with E-state index < -0.39 is 12.1 Å². The minimum atomic E-state index is -0.965. The second-order valence-corrected chi connectivity index (χ2v) is 5.35. The number of halogens is 1. The zero-order valence-corrected chi connectivity index (χ0v) is 12.4. The molecule has 0 aliphatic rings. The van der Waals surface area contributed by atoms with Crippen molar-refractivity contribution in [3.8, 4) is 22.7 Å². The molecule has 22 heavy (non-hydrogen) atoms. The van der Waals surface area contributed by atoms with E-state index >= 15 is 0 Å². The van der Waals surface area contributed by atoms with E-state index in [1.54, 1.807) is 19.1 Å². The number of thiophene rings is 1. The number of benzene rings is 1. The Hall–Kier alpha value is -2.56. The number of hydrogen-bond acceptors (Lipinski definition) is 4. The van der Waals surface area contributed by atoms with E-state index in [1.807, 2.05) is 0 Å². The number of ether oxygens (including phenoxy) is 1. The van der Waals surface area contributed by atoms with E-state index in [1.165, 1.54) is 35.6 Å². The third kappa shape index (κ3) is 4.22. The third-order valence-electron chi connectivity index (χ3n) is 2.61. The Morgan fingerprint density at radius 1 is 1.36 bits per heavy atom. The lowest BCUT2D eigenvalue weighted by molar-refractivity contribution is -0.0536. The molecule has 0 bridgehead atoms. The highest BCUT2D eigenvalue weighted by Crippen LogP contribution is 2.29. The van der Waals surface area contributed by atoms with Crippen LogP contribution in [0.15, 0.2) is 36.4 Å². The lowest BCUT2D eigenvalue weighted by Gasteiger charge is -2.14. The normalized spacial score (nSPS) is 11.2. The number of nitrogens with two attached hydrogens (primary N) is 1. The quantitative estimate of drug-likeness (QED) is 0.518. The Morgan fingerprint density at radius 3 is 2.68 bits per heavy atom. The van der Waals surface area contributed by atoms with Crippen molar-refractivity contribution in [2.24, 2.45) is 5.73 Å².